The fourth-order valence-corrected chi connectivity index (χ4v) is 1.19. The molecule has 0 aliphatic carbocycles. The summed E-state index contributed by atoms with van der Waals surface area (Å²) >= 11 is 1.35. The van der Waals surface area contributed by atoms with Crippen LogP contribution in [0.5, 0.6) is 0 Å². The van der Waals surface area contributed by atoms with Crippen LogP contribution in [0.2, 0.25) is 0 Å². The third kappa shape index (κ3) is 9.78. The van der Waals surface area contributed by atoms with E-state index >= 15 is 0 Å². The molecule has 0 aromatic carbocycles. The van der Waals surface area contributed by atoms with Crippen LogP contribution in [-0.2, 0) is 4.79 Å². The van der Waals surface area contributed by atoms with E-state index in [1.54, 1.807) is 0 Å². The average molecular weight is 177 g/mol. The number of carboxylic acid groups (broad SMARTS) is 1. The molecule has 3 nitrogen and oxygen atoms in total. The molecular formula is C7H15NO2S. The molecule has 0 heterocycles. The van der Waals surface area contributed by atoms with E-state index in [1.807, 2.05) is 0 Å². The van der Waals surface area contributed by atoms with Crippen LogP contribution in [0.3, 0.4) is 0 Å². The molecule has 0 saturated heterocycles. The van der Waals surface area contributed by atoms with Gasteiger partial charge in [0.15, 0.2) is 0 Å². The maximum Gasteiger partial charge on any atom is 0.303 e. The molecule has 0 aromatic rings. The van der Waals surface area contributed by atoms with Gasteiger partial charge in [-0.15, -0.1) is 0 Å². The molecule has 3 N–H and O–H groups in total. The van der Waals surface area contributed by atoms with Crippen molar-refractivity contribution in [2.45, 2.75) is 32.1 Å². The fourth-order valence-electron chi connectivity index (χ4n) is 0.815. The van der Waals surface area contributed by atoms with Crippen molar-refractivity contribution in [3.8, 4) is 0 Å². The van der Waals surface area contributed by atoms with E-state index in [-0.39, 0.29) is 0 Å². The van der Waals surface area contributed by atoms with E-state index in [0.29, 0.717) is 6.42 Å². The smallest absolute Gasteiger partial charge is 0.303 e. The summed E-state index contributed by atoms with van der Waals surface area (Å²) in [5.41, 5.74) is 0. The predicted molar refractivity (Wildman–Crippen MR) is 47.4 cm³/mol. The molecule has 4 heteroatoms. The number of rotatable bonds is 7. The summed E-state index contributed by atoms with van der Waals surface area (Å²) in [7, 11) is 0. The van der Waals surface area contributed by atoms with Gasteiger partial charge >= 0.3 is 5.97 Å². The van der Waals surface area contributed by atoms with Crippen molar-refractivity contribution in [2.75, 3.05) is 5.75 Å². The largest absolute Gasteiger partial charge is 0.481 e. The predicted octanol–water partition coefficient (Wildman–Crippen LogP) is 1.63. The number of unbranched alkanes of at least 4 members (excludes halogenated alkanes) is 3. The van der Waals surface area contributed by atoms with Crippen LogP contribution in [0.25, 0.3) is 0 Å². The van der Waals surface area contributed by atoms with E-state index in [0.717, 1.165) is 31.4 Å². The standard InChI is InChI=1S/C7H15NO2S/c8-11-6-4-2-1-3-5-7(9)10/h1-6,8H2,(H,9,10). The second-order valence-electron chi connectivity index (χ2n) is 2.43. The number of aliphatic carboxylic acids is 1. The first-order valence-electron chi connectivity index (χ1n) is 3.81. The normalized spacial score (nSPS) is 9.91. The lowest BCUT2D eigenvalue weighted by atomic mass is 10.2. The number of hydrogen-bond acceptors (Lipinski definition) is 3. The Balaban J connectivity index is 2.85. The summed E-state index contributed by atoms with van der Waals surface area (Å²) in [6.07, 6.45) is 4.30. The topological polar surface area (TPSA) is 63.3 Å². The van der Waals surface area contributed by atoms with Gasteiger partial charge in [0.05, 0.1) is 0 Å². The maximum atomic E-state index is 10.1. The van der Waals surface area contributed by atoms with E-state index in [9.17, 15) is 4.79 Å². The van der Waals surface area contributed by atoms with Crippen molar-refractivity contribution < 1.29 is 9.90 Å². The molecule has 0 aromatic heterocycles. The highest BCUT2D eigenvalue weighted by Crippen LogP contribution is 2.04. The minimum Gasteiger partial charge on any atom is -0.481 e. The van der Waals surface area contributed by atoms with E-state index in [4.69, 9.17) is 10.2 Å². The van der Waals surface area contributed by atoms with Gasteiger partial charge < -0.3 is 5.11 Å². The van der Waals surface area contributed by atoms with Crippen LogP contribution < -0.4 is 5.14 Å². The molecule has 0 radical (unpaired) electrons. The zero-order valence-electron chi connectivity index (χ0n) is 6.58. The third-order valence-electron chi connectivity index (χ3n) is 1.40. The molecule has 0 spiro atoms. The van der Waals surface area contributed by atoms with Crippen molar-refractivity contribution in [3.63, 3.8) is 0 Å². The quantitative estimate of drug-likeness (QED) is 0.458. The Morgan fingerprint density at radius 1 is 1.27 bits per heavy atom. The van der Waals surface area contributed by atoms with Gasteiger partial charge in [0.2, 0.25) is 0 Å². The van der Waals surface area contributed by atoms with Crippen molar-refractivity contribution in [2.24, 2.45) is 5.14 Å². The lowest BCUT2D eigenvalue weighted by Crippen LogP contribution is -1.94. The van der Waals surface area contributed by atoms with Gasteiger partial charge in [0, 0.05) is 12.2 Å². The van der Waals surface area contributed by atoms with Crippen LogP contribution in [0.15, 0.2) is 0 Å². The van der Waals surface area contributed by atoms with Crippen molar-refractivity contribution in [1.29, 1.82) is 0 Å². The number of nitrogens with two attached hydrogens (primary N) is 1. The zero-order valence-corrected chi connectivity index (χ0v) is 7.40. The summed E-state index contributed by atoms with van der Waals surface area (Å²) in [6, 6.07) is 0. The van der Waals surface area contributed by atoms with Gasteiger partial charge in [-0.1, -0.05) is 24.8 Å². The lowest BCUT2D eigenvalue weighted by molar-refractivity contribution is -0.137. The molecule has 0 aliphatic rings. The Labute approximate surface area is 71.5 Å². The Morgan fingerprint density at radius 3 is 2.45 bits per heavy atom. The SMILES string of the molecule is NSCCCCCCC(=O)O. The zero-order chi connectivity index (χ0) is 8.53. The van der Waals surface area contributed by atoms with Crippen molar-refractivity contribution in [3.05, 3.63) is 0 Å². The number of carbonyl (C=O) groups is 1. The Bertz CT molecular complexity index is 109. The first-order chi connectivity index (χ1) is 5.27. The summed E-state index contributed by atoms with van der Waals surface area (Å²) in [4.78, 5) is 10.1. The fraction of sp³-hybridized carbons (Fsp3) is 0.857. The molecule has 66 valence electrons. The monoisotopic (exact) mass is 177 g/mol. The molecule has 0 rings (SSSR count). The summed E-state index contributed by atoms with van der Waals surface area (Å²) < 4.78 is 0. The number of carboxylic acids is 1. The second kappa shape index (κ2) is 7.88. The molecule has 0 saturated carbocycles. The lowest BCUT2D eigenvalue weighted by Gasteiger charge is -1.96. The molecule has 0 amide bonds. The highest BCUT2D eigenvalue weighted by Gasteiger charge is 1.95. The highest BCUT2D eigenvalue weighted by molar-refractivity contribution is 7.97. The van der Waals surface area contributed by atoms with Gasteiger partial charge in [-0.2, -0.15) is 0 Å². The van der Waals surface area contributed by atoms with Crippen molar-refractivity contribution in [1.82, 2.24) is 0 Å². The first kappa shape index (κ1) is 10.8. The summed E-state index contributed by atoms with van der Waals surface area (Å²) in [6.45, 7) is 0. The highest BCUT2D eigenvalue weighted by atomic mass is 32.2. The molecular weight excluding hydrogens is 162 g/mol. The van der Waals surface area contributed by atoms with Crippen LogP contribution >= 0.6 is 11.9 Å². The summed E-state index contributed by atoms with van der Waals surface area (Å²) in [5, 5.41) is 13.5. The minimum atomic E-state index is -0.696. The van der Waals surface area contributed by atoms with Crippen LogP contribution in [-0.4, -0.2) is 16.8 Å². The maximum absolute atomic E-state index is 10.1. The van der Waals surface area contributed by atoms with Gasteiger partial charge in [-0.25, -0.2) is 0 Å². The molecule has 0 atom stereocenters. The van der Waals surface area contributed by atoms with E-state index < -0.39 is 5.97 Å². The molecule has 0 bridgehead atoms. The van der Waals surface area contributed by atoms with Crippen LogP contribution in [0, 0.1) is 0 Å². The third-order valence-corrected chi connectivity index (χ3v) is 1.93. The molecule has 0 fully saturated rings. The van der Waals surface area contributed by atoms with Crippen molar-refractivity contribution >= 4 is 17.9 Å². The minimum absolute atomic E-state index is 0.301. The van der Waals surface area contributed by atoms with Gasteiger partial charge in [0.25, 0.3) is 0 Å². The van der Waals surface area contributed by atoms with E-state index in [1.165, 1.54) is 11.9 Å². The Kier molecular flexibility index (Phi) is 7.72. The Morgan fingerprint density at radius 2 is 1.91 bits per heavy atom. The van der Waals surface area contributed by atoms with Crippen LogP contribution in [0.4, 0.5) is 0 Å². The van der Waals surface area contributed by atoms with Gasteiger partial charge in [-0.3, -0.25) is 9.93 Å². The van der Waals surface area contributed by atoms with Crippen LogP contribution in [0.1, 0.15) is 32.1 Å². The average Bonchev–Trinajstić information content (AvgIpc) is 1.96. The first-order valence-corrected chi connectivity index (χ1v) is 4.85. The summed E-state index contributed by atoms with van der Waals surface area (Å²) in [5.74, 6) is 0.283. The Hall–Kier alpha value is -0.220. The molecule has 0 aliphatic heterocycles. The van der Waals surface area contributed by atoms with Gasteiger partial charge in [0.1, 0.15) is 0 Å². The molecule has 0 unspecified atom stereocenters. The van der Waals surface area contributed by atoms with E-state index in [2.05, 4.69) is 0 Å². The second-order valence-corrected chi connectivity index (χ2v) is 3.17. The number of hydrogen-bond donors (Lipinski definition) is 2. The molecule has 11 heavy (non-hydrogen) atoms. The van der Waals surface area contributed by atoms with Gasteiger partial charge in [-0.05, 0) is 12.8 Å².